The molecule has 2 rings (SSSR count). The van der Waals surface area contributed by atoms with Gasteiger partial charge in [0.25, 0.3) is 0 Å². The Morgan fingerprint density at radius 3 is 2.75 bits per heavy atom. The number of para-hydroxylation sites is 1. The number of aromatic nitrogens is 1. The second-order valence-corrected chi connectivity index (χ2v) is 5.61. The first-order valence-electron chi connectivity index (χ1n) is 6.51. The Hall–Kier alpha value is -1.88. The molecule has 0 fully saturated rings. The first-order chi connectivity index (χ1) is 9.44. The molecule has 0 aliphatic heterocycles. The van der Waals surface area contributed by atoms with Crippen LogP contribution in [0.25, 0.3) is 0 Å². The molecule has 0 atom stereocenters. The smallest absolute Gasteiger partial charge is 0.174 e. The number of hydrogen-bond acceptors (Lipinski definition) is 4. The summed E-state index contributed by atoms with van der Waals surface area (Å²) in [5, 5.41) is 7.25. The van der Waals surface area contributed by atoms with Gasteiger partial charge in [-0.25, -0.2) is 4.39 Å². The number of rotatable bonds is 5. The minimum Gasteiger partial charge on any atom is -0.482 e. The van der Waals surface area contributed by atoms with Crippen LogP contribution in [0.2, 0.25) is 0 Å². The van der Waals surface area contributed by atoms with Crippen molar-refractivity contribution in [3.05, 3.63) is 47.6 Å². The van der Waals surface area contributed by atoms with Gasteiger partial charge in [0.05, 0.1) is 5.69 Å². The number of nitrogens with zero attached hydrogens (tertiary/aromatic N) is 1. The Bertz CT molecular complexity index is 561. The van der Waals surface area contributed by atoms with Crippen molar-refractivity contribution >= 4 is 0 Å². The van der Waals surface area contributed by atoms with Crippen molar-refractivity contribution in [1.29, 1.82) is 0 Å². The second kappa shape index (κ2) is 6.05. The molecular formula is C15H19FN2O2. The summed E-state index contributed by atoms with van der Waals surface area (Å²) in [6.45, 7) is 7.01. The molecule has 0 saturated carbocycles. The Labute approximate surface area is 117 Å². The fourth-order valence-corrected chi connectivity index (χ4v) is 1.57. The zero-order valence-electron chi connectivity index (χ0n) is 11.9. The van der Waals surface area contributed by atoms with Crippen LogP contribution in [0, 0.1) is 5.82 Å². The molecule has 0 saturated heterocycles. The summed E-state index contributed by atoms with van der Waals surface area (Å²) in [6.07, 6.45) is 0. The fraction of sp³-hybridized carbons (Fsp3) is 0.400. The third-order valence-corrected chi connectivity index (χ3v) is 2.61. The summed E-state index contributed by atoms with van der Waals surface area (Å²) < 4.78 is 23.9. The van der Waals surface area contributed by atoms with Gasteiger partial charge in [0.1, 0.15) is 6.61 Å². The number of hydrogen-bond donors (Lipinski definition) is 1. The minimum atomic E-state index is -0.387. The van der Waals surface area contributed by atoms with Gasteiger partial charge in [-0.2, -0.15) is 0 Å². The predicted molar refractivity (Wildman–Crippen MR) is 73.8 cm³/mol. The topological polar surface area (TPSA) is 47.3 Å². The van der Waals surface area contributed by atoms with Gasteiger partial charge in [0, 0.05) is 18.2 Å². The van der Waals surface area contributed by atoms with E-state index in [1.165, 1.54) is 6.07 Å². The Morgan fingerprint density at radius 1 is 1.30 bits per heavy atom. The molecule has 5 heteroatoms. The summed E-state index contributed by atoms with van der Waals surface area (Å²) >= 11 is 0. The van der Waals surface area contributed by atoms with Crippen molar-refractivity contribution in [3.63, 3.8) is 0 Å². The van der Waals surface area contributed by atoms with E-state index in [1.807, 2.05) is 0 Å². The fourth-order valence-electron chi connectivity index (χ4n) is 1.57. The van der Waals surface area contributed by atoms with E-state index in [2.05, 4.69) is 31.2 Å². The highest BCUT2D eigenvalue weighted by atomic mass is 19.1. The van der Waals surface area contributed by atoms with Crippen LogP contribution >= 0.6 is 0 Å². The molecule has 20 heavy (non-hydrogen) atoms. The third kappa shape index (κ3) is 4.35. The molecule has 2 aromatic rings. The lowest BCUT2D eigenvalue weighted by Crippen LogP contribution is -2.35. The van der Waals surface area contributed by atoms with Crippen molar-refractivity contribution in [1.82, 2.24) is 10.5 Å². The molecule has 0 unspecified atom stereocenters. The minimum absolute atomic E-state index is 0.0166. The largest absolute Gasteiger partial charge is 0.482 e. The molecule has 4 nitrogen and oxygen atoms in total. The van der Waals surface area contributed by atoms with Crippen LogP contribution in [0.4, 0.5) is 4.39 Å². The van der Waals surface area contributed by atoms with Gasteiger partial charge in [-0.05, 0) is 32.9 Å². The molecule has 1 aromatic carbocycles. The summed E-state index contributed by atoms with van der Waals surface area (Å²) in [7, 11) is 0. The highest BCUT2D eigenvalue weighted by molar-refractivity contribution is 5.23. The second-order valence-electron chi connectivity index (χ2n) is 5.61. The number of benzene rings is 1. The molecule has 1 heterocycles. The van der Waals surface area contributed by atoms with Gasteiger partial charge in [-0.3, -0.25) is 0 Å². The lowest BCUT2D eigenvalue weighted by molar-refractivity contribution is 0.239. The molecule has 0 bridgehead atoms. The van der Waals surface area contributed by atoms with Gasteiger partial charge >= 0.3 is 0 Å². The molecule has 0 radical (unpaired) electrons. The summed E-state index contributed by atoms with van der Waals surface area (Å²) in [5.74, 6) is 0.388. The Morgan fingerprint density at radius 2 is 2.05 bits per heavy atom. The molecule has 1 N–H and O–H groups in total. The number of halogens is 1. The number of nitrogens with one attached hydrogen (secondary N) is 1. The molecule has 0 aliphatic rings. The van der Waals surface area contributed by atoms with E-state index in [4.69, 9.17) is 9.26 Å². The zero-order valence-corrected chi connectivity index (χ0v) is 11.9. The van der Waals surface area contributed by atoms with Crippen molar-refractivity contribution in [3.8, 4) is 5.75 Å². The molecule has 0 amide bonds. The zero-order chi connectivity index (χ0) is 14.6. The van der Waals surface area contributed by atoms with Crippen molar-refractivity contribution < 1.29 is 13.7 Å². The maximum Gasteiger partial charge on any atom is 0.174 e. The van der Waals surface area contributed by atoms with Crippen LogP contribution in [0.3, 0.4) is 0 Å². The predicted octanol–water partition coefficient (Wildman–Crippen LogP) is 3.28. The van der Waals surface area contributed by atoms with E-state index in [9.17, 15) is 4.39 Å². The first kappa shape index (κ1) is 14.5. The van der Waals surface area contributed by atoms with Crippen molar-refractivity contribution in [2.24, 2.45) is 0 Å². The summed E-state index contributed by atoms with van der Waals surface area (Å²) in [6, 6.07) is 8.08. The Kier molecular flexibility index (Phi) is 4.39. The highest BCUT2D eigenvalue weighted by Gasteiger charge is 2.11. The average Bonchev–Trinajstić information content (AvgIpc) is 2.83. The van der Waals surface area contributed by atoms with Crippen LogP contribution in [-0.2, 0) is 13.2 Å². The van der Waals surface area contributed by atoms with Crippen molar-refractivity contribution in [2.75, 3.05) is 0 Å². The van der Waals surface area contributed by atoms with E-state index < -0.39 is 0 Å². The standard InChI is InChI=1S/C15H19FN2O2/c1-15(2,3)17-9-11-8-12(20-18-11)10-19-14-7-5-4-6-13(14)16/h4-8,17H,9-10H2,1-3H3. The van der Waals surface area contributed by atoms with Crippen LogP contribution < -0.4 is 10.1 Å². The third-order valence-electron chi connectivity index (χ3n) is 2.61. The van der Waals surface area contributed by atoms with Gasteiger partial charge in [0.15, 0.2) is 17.3 Å². The lowest BCUT2D eigenvalue weighted by atomic mass is 10.1. The lowest BCUT2D eigenvalue weighted by Gasteiger charge is -2.19. The first-order valence-corrected chi connectivity index (χ1v) is 6.51. The van der Waals surface area contributed by atoms with Gasteiger partial charge in [-0.15, -0.1) is 0 Å². The maximum atomic E-state index is 13.4. The monoisotopic (exact) mass is 278 g/mol. The quantitative estimate of drug-likeness (QED) is 0.911. The van der Waals surface area contributed by atoms with E-state index in [-0.39, 0.29) is 23.7 Å². The van der Waals surface area contributed by atoms with Gasteiger partial charge in [0.2, 0.25) is 0 Å². The number of ether oxygens (including phenoxy) is 1. The molecule has 1 aromatic heterocycles. The highest BCUT2D eigenvalue weighted by Crippen LogP contribution is 2.17. The SMILES string of the molecule is CC(C)(C)NCc1cc(COc2ccccc2F)on1. The van der Waals surface area contributed by atoms with Crippen LogP contribution in [-0.4, -0.2) is 10.7 Å². The molecular weight excluding hydrogens is 259 g/mol. The van der Waals surface area contributed by atoms with Crippen LogP contribution in [0.15, 0.2) is 34.9 Å². The van der Waals surface area contributed by atoms with Gasteiger partial charge in [-0.1, -0.05) is 17.3 Å². The van der Waals surface area contributed by atoms with Gasteiger partial charge < -0.3 is 14.6 Å². The summed E-state index contributed by atoms with van der Waals surface area (Å²) in [4.78, 5) is 0. The molecule has 0 aliphatic carbocycles. The van der Waals surface area contributed by atoms with Crippen LogP contribution in [0.5, 0.6) is 5.75 Å². The molecule has 108 valence electrons. The van der Waals surface area contributed by atoms with E-state index >= 15 is 0 Å². The molecule has 0 spiro atoms. The normalized spacial score (nSPS) is 11.6. The van der Waals surface area contributed by atoms with Crippen LogP contribution in [0.1, 0.15) is 32.2 Å². The summed E-state index contributed by atoms with van der Waals surface area (Å²) in [5.41, 5.74) is 0.815. The van der Waals surface area contributed by atoms with E-state index in [0.29, 0.717) is 12.3 Å². The van der Waals surface area contributed by atoms with E-state index in [1.54, 1.807) is 24.3 Å². The maximum absolute atomic E-state index is 13.4. The average molecular weight is 278 g/mol. The van der Waals surface area contributed by atoms with E-state index in [0.717, 1.165) is 5.69 Å². The Balaban J connectivity index is 1.89. The van der Waals surface area contributed by atoms with Crippen molar-refractivity contribution in [2.45, 2.75) is 39.5 Å².